The van der Waals surface area contributed by atoms with E-state index in [1.807, 2.05) is 0 Å². The van der Waals surface area contributed by atoms with E-state index in [9.17, 15) is 14.7 Å². The molecule has 146 valence electrons. The van der Waals surface area contributed by atoms with Crippen molar-refractivity contribution >= 4 is 40.8 Å². The number of carbonyl (C=O) groups is 2. The Morgan fingerprint density at radius 3 is 2.52 bits per heavy atom. The van der Waals surface area contributed by atoms with Crippen molar-refractivity contribution in [3.8, 4) is 0 Å². The number of hydrogen-bond donors (Lipinski definition) is 2. The zero-order chi connectivity index (χ0) is 19.2. The average Bonchev–Trinajstić information content (AvgIpc) is 2.53. The van der Waals surface area contributed by atoms with E-state index >= 15 is 0 Å². The first-order valence-corrected chi connectivity index (χ1v) is 10.1. The van der Waals surface area contributed by atoms with Crippen LogP contribution < -0.4 is 5.32 Å². The van der Waals surface area contributed by atoms with Crippen LogP contribution in [0.4, 0.5) is 5.69 Å². The first-order valence-electron chi connectivity index (χ1n) is 9.37. The summed E-state index contributed by atoms with van der Waals surface area (Å²) in [6.07, 6.45) is 5.81. The standard InChI is InChI=1S/C20H23Cl2NO4/c21-14-1-2-16(15(22)4-14)23-17(24)10-27-18(25)9-19-5-12-3-13(6-19)8-20(26,7-12)11-19/h1-2,4,12-13,26H,3,5-11H2,(H,23,24)/t12-,13+,19?,20?. The number of halogens is 2. The number of carbonyl (C=O) groups excluding carboxylic acids is 2. The lowest BCUT2D eigenvalue weighted by Gasteiger charge is -2.60. The van der Waals surface area contributed by atoms with Crippen LogP contribution in [-0.2, 0) is 14.3 Å². The van der Waals surface area contributed by atoms with Gasteiger partial charge >= 0.3 is 5.97 Å². The van der Waals surface area contributed by atoms with Crippen LogP contribution >= 0.6 is 23.2 Å². The summed E-state index contributed by atoms with van der Waals surface area (Å²) in [6.45, 7) is -0.356. The van der Waals surface area contributed by atoms with Crippen molar-refractivity contribution in [1.82, 2.24) is 0 Å². The number of esters is 1. The molecule has 5 nitrogen and oxygen atoms in total. The highest BCUT2D eigenvalue weighted by Crippen LogP contribution is 2.62. The molecule has 7 heteroatoms. The van der Waals surface area contributed by atoms with Crippen LogP contribution in [0.1, 0.15) is 44.9 Å². The quantitative estimate of drug-likeness (QED) is 0.711. The predicted octanol–water partition coefficient (Wildman–Crippen LogP) is 4.20. The van der Waals surface area contributed by atoms with Crippen molar-refractivity contribution in [2.75, 3.05) is 11.9 Å². The van der Waals surface area contributed by atoms with Crippen molar-refractivity contribution < 1.29 is 19.4 Å². The molecule has 27 heavy (non-hydrogen) atoms. The van der Waals surface area contributed by atoms with Crippen molar-refractivity contribution in [3.05, 3.63) is 28.2 Å². The largest absolute Gasteiger partial charge is 0.456 e. The van der Waals surface area contributed by atoms with Crippen molar-refractivity contribution in [2.45, 2.75) is 50.5 Å². The number of nitrogens with one attached hydrogen (secondary N) is 1. The van der Waals surface area contributed by atoms with Gasteiger partial charge in [-0.25, -0.2) is 0 Å². The van der Waals surface area contributed by atoms with Gasteiger partial charge in [0, 0.05) is 5.02 Å². The highest BCUT2D eigenvalue weighted by atomic mass is 35.5. The molecule has 4 fully saturated rings. The van der Waals surface area contributed by atoms with Gasteiger partial charge in [0.1, 0.15) is 0 Å². The molecular weight excluding hydrogens is 389 g/mol. The second kappa shape index (κ2) is 6.94. The molecule has 0 radical (unpaired) electrons. The van der Waals surface area contributed by atoms with Gasteiger partial charge < -0.3 is 15.2 Å². The minimum Gasteiger partial charge on any atom is -0.456 e. The molecule has 1 aromatic rings. The second-order valence-electron chi connectivity index (χ2n) is 8.70. The molecule has 4 aliphatic rings. The maximum Gasteiger partial charge on any atom is 0.306 e. The van der Waals surface area contributed by atoms with Crippen LogP contribution in [0.15, 0.2) is 18.2 Å². The highest BCUT2D eigenvalue weighted by molar-refractivity contribution is 6.36. The molecule has 2 N–H and O–H groups in total. The fourth-order valence-electron chi connectivity index (χ4n) is 5.89. The van der Waals surface area contributed by atoms with E-state index < -0.39 is 11.5 Å². The normalized spacial score (nSPS) is 33.7. The summed E-state index contributed by atoms with van der Waals surface area (Å²) < 4.78 is 5.21. The molecule has 5 rings (SSSR count). The lowest BCUT2D eigenvalue weighted by molar-refractivity contribution is -0.177. The molecule has 0 heterocycles. The maximum absolute atomic E-state index is 12.4. The Hall–Kier alpha value is -1.30. The van der Waals surface area contributed by atoms with E-state index in [4.69, 9.17) is 27.9 Å². The van der Waals surface area contributed by atoms with Crippen molar-refractivity contribution in [1.29, 1.82) is 0 Å². The Bertz CT molecular complexity index is 767. The van der Waals surface area contributed by atoms with Gasteiger partial charge in [-0.15, -0.1) is 0 Å². The molecule has 0 aromatic heterocycles. The van der Waals surface area contributed by atoms with E-state index in [1.165, 1.54) is 12.5 Å². The SMILES string of the molecule is O=C(COC(=O)CC12C[C@@H]3C[C@@H](CC(O)(C3)C1)C2)Nc1ccc(Cl)cc1Cl. The molecule has 4 aliphatic carbocycles. The summed E-state index contributed by atoms with van der Waals surface area (Å²) in [5.74, 6) is 0.202. The molecule has 4 bridgehead atoms. The van der Waals surface area contributed by atoms with E-state index in [0.717, 1.165) is 25.7 Å². The average molecular weight is 412 g/mol. The zero-order valence-corrected chi connectivity index (χ0v) is 16.5. The number of anilines is 1. The lowest BCUT2D eigenvalue weighted by atomic mass is 9.47. The fraction of sp³-hybridized carbons (Fsp3) is 0.600. The van der Waals surface area contributed by atoms with Gasteiger partial charge in [-0.05, 0) is 74.0 Å². The minimum atomic E-state index is -0.604. The summed E-state index contributed by atoms with van der Waals surface area (Å²) in [7, 11) is 0. The minimum absolute atomic E-state index is 0.161. The fourth-order valence-corrected chi connectivity index (χ4v) is 6.34. The number of ether oxygens (including phenoxy) is 1. The van der Waals surface area contributed by atoms with Crippen LogP contribution in [0.2, 0.25) is 10.0 Å². The van der Waals surface area contributed by atoms with Crippen LogP contribution in [0.25, 0.3) is 0 Å². The highest BCUT2D eigenvalue weighted by Gasteiger charge is 2.57. The Balaban J connectivity index is 1.30. The molecule has 4 saturated carbocycles. The zero-order valence-electron chi connectivity index (χ0n) is 15.0. The third kappa shape index (κ3) is 4.10. The van der Waals surface area contributed by atoms with Gasteiger partial charge in [0.15, 0.2) is 6.61 Å². The topological polar surface area (TPSA) is 75.6 Å². The summed E-state index contributed by atoms with van der Waals surface area (Å²) >= 11 is 11.9. The maximum atomic E-state index is 12.4. The van der Waals surface area contributed by atoms with Crippen LogP contribution in [0, 0.1) is 17.3 Å². The summed E-state index contributed by atoms with van der Waals surface area (Å²) in [5.41, 5.74) is -0.343. The van der Waals surface area contributed by atoms with Gasteiger partial charge in [-0.2, -0.15) is 0 Å². The van der Waals surface area contributed by atoms with E-state index in [0.29, 0.717) is 34.0 Å². The van der Waals surface area contributed by atoms with Gasteiger partial charge in [0.05, 0.1) is 22.7 Å². The van der Waals surface area contributed by atoms with Crippen LogP contribution in [0.3, 0.4) is 0 Å². The Kier molecular flexibility index (Phi) is 4.90. The number of amides is 1. The van der Waals surface area contributed by atoms with Gasteiger partial charge in [0.2, 0.25) is 0 Å². The second-order valence-corrected chi connectivity index (χ2v) is 9.54. The molecule has 0 spiro atoms. The van der Waals surface area contributed by atoms with Crippen LogP contribution in [0.5, 0.6) is 0 Å². The first-order chi connectivity index (χ1) is 12.7. The molecule has 0 aliphatic heterocycles. The number of benzene rings is 1. The Morgan fingerprint density at radius 2 is 1.89 bits per heavy atom. The summed E-state index contributed by atoms with van der Waals surface area (Å²) in [4.78, 5) is 24.4. The van der Waals surface area contributed by atoms with E-state index in [2.05, 4.69) is 5.32 Å². The van der Waals surface area contributed by atoms with Gasteiger partial charge in [-0.3, -0.25) is 9.59 Å². The number of hydrogen-bond acceptors (Lipinski definition) is 4. The van der Waals surface area contributed by atoms with Crippen molar-refractivity contribution in [3.63, 3.8) is 0 Å². The van der Waals surface area contributed by atoms with Gasteiger partial charge in [-0.1, -0.05) is 23.2 Å². The van der Waals surface area contributed by atoms with Gasteiger partial charge in [0.25, 0.3) is 5.91 Å². The molecule has 2 unspecified atom stereocenters. The molecule has 4 atom stereocenters. The third-order valence-corrected chi connectivity index (χ3v) is 6.79. The van der Waals surface area contributed by atoms with E-state index in [-0.39, 0.29) is 24.4 Å². The lowest BCUT2D eigenvalue weighted by Crippen LogP contribution is -2.56. The van der Waals surface area contributed by atoms with Crippen LogP contribution in [-0.4, -0.2) is 29.2 Å². The number of rotatable bonds is 5. The van der Waals surface area contributed by atoms with E-state index in [1.54, 1.807) is 12.1 Å². The predicted molar refractivity (Wildman–Crippen MR) is 103 cm³/mol. The smallest absolute Gasteiger partial charge is 0.306 e. The monoisotopic (exact) mass is 411 g/mol. The molecule has 0 saturated heterocycles. The Labute approximate surface area is 168 Å². The Morgan fingerprint density at radius 1 is 1.19 bits per heavy atom. The summed E-state index contributed by atoms with van der Waals surface area (Å²) in [5, 5.41) is 14.2. The molecule has 1 aromatic carbocycles. The summed E-state index contributed by atoms with van der Waals surface area (Å²) in [6, 6.07) is 4.75. The van der Waals surface area contributed by atoms with Crippen molar-refractivity contribution in [2.24, 2.45) is 17.3 Å². The first kappa shape index (κ1) is 19.0. The number of aliphatic hydroxyl groups is 1. The molecule has 1 amide bonds. The third-order valence-electron chi connectivity index (χ3n) is 6.24. The molecular formula is C20H23Cl2NO4.